The molecule has 0 aliphatic carbocycles. The van der Waals surface area contributed by atoms with Gasteiger partial charge in [-0.3, -0.25) is 0 Å². The van der Waals surface area contributed by atoms with Crippen LogP contribution in [0.1, 0.15) is 0 Å². The molecule has 11 heavy (non-hydrogen) atoms. The molecule has 0 aliphatic rings. The van der Waals surface area contributed by atoms with Crippen molar-refractivity contribution in [2.75, 3.05) is 0 Å². The van der Waals surface area contributed by atoms with Crippen LogP contribution >= 0.6 is 0 Å². The second-order valence-electron chi connectivity index (χ2n) is 1.14. The quantitative estimate of drug-likeness (QED) is 0.308. The maximum Gasteiger partial charge on any atom is 0.575 e. The summed E-state index contributed by atoms with van der Waals surface area (Å²) in [5.41, 5.74) is 0. The first kappa shape index (κ1) is 12.5. The number of esters is 1. The molecule has 0 atom stereocenters. The summed E-state index contributed by atoms with van der Waals surface area (Å²) in [5, 5.41) is 7.57. The number of hydrogen-bond donors (Lipinski definition) is 1. The first-order valence-corrected chi connectivity index (χ1v) is 1.86. The lowest BCUT2D eigenvalue weighted by atomic mass is 10.7. The molecule has 0 saturated heterocycles. The number of rotatable bonds is 0. The Morgan fingerprint density at radius 3 is 1.73 bits per heavy atom. The van der Waals surface area contributed by atoms with Crippen LogP contribution in [0.25, 0.3) is 0 Å². The molecule has 3 radical (unpaired) electrons. The summed E-state index contributed by atoms with van der Waals surface area (Å²) < 4.78 is 35.3. The highest BCUT2D eigenvalue weighted by atomic mass is 19.4. The normalized spacial score (nSPS) is 9.73. The smallest absolute Gasteiger partial charge is 0.473 e. The molecule has 0 bridgehead atoms. The van der Waals surface area contributed by atoms with Gasteiger partial charge in [0.25, 0.3) is 0 Å². The number of ether oxygens (including phenoxy) is 1. The zero-order valence-electron chi connectivity index (χ0n) is 4.88. The topological polar surface area (TPSA) is 63.6 Å². The van der Waals surface area contributed by atoms with Crippen LogP contribution < -0.4 is 0 Å². The van der Waals surface area contributed by atoms with Crippen LogP contribution in [0.15, 0.2) is 0 Å². The molecule has 0 unspecified atom stereocenters. The zero-order chi connectivity index (χ0) is 8.36. The van der Waals surface area contributed by atoms with Crippen molar-refractivity contribution < 1.29 is 32.6 Å². The zero-order valence-corrected chi connectivity index (χ0v) is 4.88. The van der Waals surface area contributed by atoms with E-state index in [9.17, 15) is 22.8 Å². The molecule has 0 spiro atoms. The fraction of sp³-hybridized carbons (Fsp3) is 0.333. The SMILES string of the molecule is O=C(O)C(=O)OC(F)(F)F.[B]. The molecule has 0 aliphatic heterocycles. The van der Waals surface area contributed by atoms with Crippen LogP contribution in [0, 0.1) is 0 Å². The summed E-state index contributed by atoms with van der Waals surface area (Å²) in [6.07, 6.45) is -5.23. The summed E-state index contributed by atoms with van der Waals surface area (Å²) in [4.78, 5) is 19.0. The Kier molecular flexibility index (Phi) is 4.35. The summed E-state index contributed by atoms with van der Waals surface area (Å²) in [5.74, 6) is -4.62. The first-order chi connectivity index (χ1) is 4.33. The van der Waals surface area contributed by atoms with E-state index in [2.05, 4.69) is 4.74 Å². The average molecular weight is 169 g/mol. The molecule has 61 valence electrons. The second kappa shape index (κ2) is 3.84. The fourth-order valence-electron chi connectivity index (χ4n) is 0.149. The van der Waals surface area contributed by atoms with Gasteiger partial charge in [0.15, 0.2) is 0 Å². The summed E-state index contributed by atoms with van der Waals surface area (Å²) in [6.45, 7) is 0. The minimum Gasteiger partial charge on any atom is -0.473 e. The van der Waals surface area contributed by atoms with E-state index in [1.165, 1.54) is 0 Å². The number of alkyl halides is 3. The number of hydrogen-bond acceptors (Lipinski definition) is 3. The van der Waals surface area contributed by atoms with Gasteiger partial charge in [0.2, 0.25) is 0 Å². The fourth-order valence-corrected chi connectivity index (χ4v) is 0.149. The monoisotopic (exact) mass is 169 g/mol. The summed E-state index contributed by atoms with van der Waals surface area (Å²) in [7, 11) is 0. The third kappa shape index (κ3) is 6.68. The van der Waals surface area contributed by atoms with Crippen LogP contribution in [0.2, 0.25) is 0 Å². The van der Waals surface area contributed by atoms with Gasteiger partial charge < -0.3 is 9.84 Å². The third-order valence-electron chi connectivity index (χ3n) is 0.383. The van der Waals surface area contributed by atoms with Crippen molar-refractivity contribution in [3.05, 3.63) is 0 Å². The van der Waals surface area contributed by atoms with Gasteiger partial charge in [-0.2, -0.15) is 0 Å². The van der Waals surface area contributed by atoms with Crippen LogP contribution in [-0.2, 0) is 14.3 Å². The highest BCUT2D eigenvalue weighted by Gasteiger charge is 2.36. The van der Waals surface area contributed by atoms with Crippen LogP contribution in [0.5, 0.6) is 0 Å². The van der Waals surface area contributed by atoms with Crippen molar-refractivity contribution in [2.24, 2.45) is 0 Å². The van der Waals surface area contributed by atoms with Crippen molar-refractivity contribution in [3.8, 4) is 0 Å². The predicted octanol–water partition coefficient (Wildman–Crippen LogP) is -0.247. The molecule has 0 heterocycles. The van der Waals surface area contributed by atoms with Crippen molar-refractivity contribution in [1.29, 1.82) is 0 Å². The third-order valence-corrected chi connectivity index (χ3v) is 0.383. The largest absolute Gasteiger partial charge is 0.575 e. The summed E-state index contributed by atoms with van der Waals surface area (Å²) in [6, 6.07) is 0. The second-order valence-corrected chi connectivity index (χ2v) is 1.14. The molecule has 1 N–H and O–H groups in total. The number of aliphatic carboxylic acids is 1. The highest BCUT2D eigenvalue weighted by Crippen LogP contribution is 2.15. The lowest BCUT2D eigenvalue weighted by Gasteiger charge is -2.02. The van der Waals surface area contributed by atoms with E-state index < -0.39 is 18.3 Å². The maximum absolute atomic E-state index is 11.0. The van der Waals surface area contributed by atoms with E-state index in [0.29, 0.717) is 0 Å². The van der Waals surface area contributed by atoms with Gasteiger partial charge in [0.05, 0.1) is 0 Å². The van der Waals surface area contributed by atoms with Gasteiger partial charge in [-0.05, 0) is 0 Å². The van der Waals surface area contributed by atoms with Gasteiger partial charge in [0.1, 0.15) is 0 Å². The summed E-state index contributed by atoms with van der Waals surface area (Å²) >= 11 is 0. The van der Waals surface area contributed by atoms with Crippen molar-refractivity contribution in [2.45, 2.75) is 6.36 Å². The number of carbonyl (C=O) groups is 2. The number of carbonyl (C=O) groups excluding carboxylic acids is 1. The van der Waals surface area contributed by atoms with E-state index in [1.807, 2.05) is 0 Å². The lowest BCUT2D eigenvalue weighted by molar-refractivity contribution is -0.305. The van der Waals surface area contributed by atoms with Crippen LogP contribution in [0.3, 0.4) is 0 Å². The number of halogens is 3. The Balaban J connectivity index is 0. The molecule has 4 nitrogen and oxygen atoms in total. The highest BCUT2D eigenvalue weighted by molar-refractivity contribution is 6.28. The molecule has 0 aromatic rings. The van der Waals surface area contributed by atoms with Crippen molar-refractivity contribution in [3.63, 3.8) is 0 Å². The minimum atomic E-state index is -5.23. The molecule has 0 amide bonds. The predicted molar refractivity (Wildman–Crippen MR) is 25.5 cm³/mol. The molecular formula is C3HBF3O4. The molecular weight excluding hydrogens is 168 g/mol. The number of carboxylic acids is 1. The minimum absolute atomic E-state index is 0. The van der Waals surface area contributed by atoms with Gasteiger partial charge in [-0.1, -0.05) is 0 Å². The number of carboxylic acid groups (broad SMARTS) is 1. The van der Waals surface area contributed by atoms with Crippen LogP contribution in [0.4, 0.5) is 13.2 Å². The Morgan fingerprint density at radius 1 is 1.27 bits per heavy atom. The van der Waals surface area contributed by atoms with Crippen LogP contribution in [-0.4, -0.2) is 31.8 Å². The Hall–Kier alpha value is -1.21. The van der Waals surface area contributed by atoms with Gasteiger partial charge >= 0.3 is 18.3 Å². The van der Waals surface area contributed by atoms with Gasteiger partial charge in [-0.15, -0.1) is 13.2 Å². The van der Waals surface area contributed by atoms with E-state index in [-0.39, 0.29) is 8.41 Å². The molecule has 0 aromatic carbocycles. The Bertz CT molecular complexity index is 164. The first-order valence-electron chi connectivity index (χ1n) is 1.86. The molecule has 8 heteroatoms. The Labute approximate surface area is 60.5 Å². The lowest BCUT2D eigenvalue weighted by Crippen LogP contribution is -2.25. The molecule has 0 rings (SSSR count). The van der Waals surface area contributed by atoms with E-state index in [1.54, 1.807) is 0 Å². The van der Waals surface area contributed by atoms with E-state index in [0.717, 1.165) is 0 Å². The van der Waals surface area contributed by atoms with Crippen molar-refractivity contribution in [1.82, 2.24) is 0 Å². The molecule has 0 fully saturated rings. The van der Waals surface area contributed by atoms with Gasteiger partial charge in [-0.25, -0.2) is 9.59 Å². The van der Waals surface area contributed by atoms with Gasteiger partial charge in [0, 0.05) is 8.41 Å². The molecule has 0 saturated carbocycles. The van der Waals surface area contributed by atoms with E-state index in [4.69, 9.17) is 5.11 Å². The standard InChI is InChI=1S/C3HF3O4.B/c4-3(5,6)10-2(9)1(7)8;/h(H,7,8);. The average Bonchev–Trinajstić information content (AvgIpc) is 1.60. The van der Waals surface area contributed by atoms with Crippen molar-refractivity contribution >= 4 is 20.4 Å². The van der Waals surface area contributed by atoms with E-state index >= 15 is 0 Å². The maximum atomic E-state index is 11.0. The Morgan fingerprint density at radius 2 is 1.64 bits per heavy atom. The molecule has 0 aromatic heterocycles.